The first kappa shape index (κ1) is 15.1. The van der Waals surface area contributed by atoms with Crippen molar-refractivity contribution in [2.75, 3.05) is 26.6 Å². The molecule has 2 aliphatic heterocycles. The summed E-state index contributed by atoms with van der Waals surface area (Å²) in [5, 5.41) is 2.97. The highest BCUT2D eigenvalue weighted by Gasteiger charge is 2.36. The van der Waals surface area contributed by atoms with Crippen LogP contribution in [-0.4, -0.2) is 38.5 Å². The Morgan fingerprint density at radius 3 is 2.77 bits per heavy atom. The highest BCUT2D eigenvalue weighted by atomic mass is 16.7. The second kappa shape index (κ2) is 6.14. The van der Waals surface area contributed by atoms with Crippen molar-refractivity contribution in [1.29, 1.82) is 0 Å². The van der Waals surface area contributed by atoms with E-state index in [9.17, 15) is 4.79 Å². The monoisotopic (exact) mass is 306 g/mol. The van der Waals surface area contributed by atoms with E-state index in [1.54, 1.807) is 6.92 Å². The molecule has 1 amide bonds. The predicted octanol–water partition coefficient (Wildman–Crippen LogP) is 0.927. The van der Waals surface area contributed by atoms with Crippen molar-refractivity contribution in [3.63, 3.8) is 0 Å². The minimum absolute atomic E-state index is 0.133. The summed E-state index contributed by atoms with van der Waals surface area (Å²) < 4.78 is 16.3. The van der Waals surface area contributed by atoms with Gasteiger partial charge in [0.1, 0.15) is 0 Å². The molecule has 0 unspecified atom stereocenters. The van der Waals surface area contributed by atoms with Crippen molar-refractivity contribution in [1.82, 2.24) is 5.32 Å². The largest absolute Gasteiger partial charge is 0.454 e. The number of carbonyl (C=O) groups excluding carboxylic acids is 1. The van der Waals surface area contributed by atoms with E-state index < -0.39 is 6.04 Å². The molecular formula is C16H22N2O4. The fourth-order valence-corrected chi connectivity index (χ4v) is 2.97. The highest BCUT2D eigenvalue weighted by molar-refractivity contribution is 5.81. The minimum Gasteiger partial charge on any atom is -0.454 e. The van der Waals surface area contributed by atoms with Gasteiger partial charge in [-0.3, -0.25) is 4.79 Å². The fourth-order valence-electron chi connectivity index (χ4n) is 2.97. The van der Waals surface area contributed by atoms with Crippen LogP contribution in [-0.2, 0) is 14.9 Å². The van der Waals surface area contributed by atoms with Gasteiger partial charge < -0.3 is 25.3 Å². The molecule has 2 aliphatic rings. The zero-order valence-corrected chi connectivity index (χ0v) is 12.8. The number of carbonyl (C=O) groups is 1. The molecule has 0 aromatic heterocycles. The van der Waals surface area contributed by atoms with Gasteiger partial charge in [0.25, 0.3) is 0 Å². The van der Waals surface area contributed by atoms with Crippen molar-refractivity contribution in [2.45, 2.75) is 31.2 Å². The van der Waals surface area contributed by atoms with Crippen LogP contribution in [0.5, 0.6) is 11.5 Å². The Morgan fingerprint density at radius 2 is 2.05 bits per heavy atom. The summed E-state index contributed by atoms with van der Waals surface area (Å²) in [7, 11) is 0. The van der Waals surface area contributed by atoms with Gasteiger partial charge in [0.15, 0.2) is 11.5 Å². The maximum absolute atomic E-state index is 11.8. The summed E-state index contributed by atoms with van der Waals surface area (Å²) >= 11 is 0. The van der Waals surface area contributed by atoms with Crippen molar-refractivity contribution in [2.24, 2.45) is 5.73 Å². The third-order valence-electron chi connectivity index (χ3n) is 4.45. The average molecular weight is 306 g/mol. The summed E-state index contributed by atoms with van der Waals surface area (Å²) in [6.07, 6.45) is 1.71. The number of rotatable bonds is 4. The molecule has 2 heterocycles. The highest BCUT2D eigenvalue weighted by Crippen LogP contribution is 2.40. The number of nitrogens with two attached hydrogens (primary N) is 1. The van der Waals surface area contributed by atoms with E-state index in [0.29, 0.717) is 19.8 Å². The molecule has 1 aromatic rings. The molecule has 0 bridgehead atoms. The van der Waals surface area contributed by atoms with Gasteiger partial charge in [-0.25, -0.2) is 0 Å². The molecule has 1 saturated heterocycles. The Kier molecular flexibility index (Phi) is 4.22. The van der Waals surface area contributed by atoms with Crippen LogP contribution in [0, 0.1) is 0 Å². The number of hydrogen-bond acceptors (Lipinski definition) is 5. The number of amides is 1. The summed E-state index contributed by atoms with van der Waals surface area (Å²) in [5.41, 5.74) is 6.63. The van der Waals surface area contributed by atoms with Gasteiger partial charge in [0.2, 0.25) is 12.7 Å². The molecule has 1 fully saturated rings. The van der Waals surface area contributed by atoms with Crippen LogP contribution in [0.25, 0.3) is 0 Å². The average Bonchev–Trinajstić information content (AvgIpc) is 3.01. The Bertz CT molecular complexity index is 553. The fraction of sp³-hybridized carbons (Fsp3) is 0.562. The Hall–Kier alpha value is -1.79. The molecule has 0 saturated carbocycles. The second-order valence-corrected chi connectivity index (χ2v) is 5.97. The predicted molar refractivity (Wildman–Crippen MR) is 81.0 cm³/mol. The lowest BCUT2D eigenvalue weighted by Gasteiger charge is -2.38. The van der Waals surface area contributed by atoms with Gasteiger partial charge in [0.05, 0.1) is 6.04 Å². The van der Waals surface area contributed by atoms with Crippen molar-refractivity contribution in [3.8, 4) is 11.5 Å². The summed E-state index contributed by atoms with van der Waals surface area (Å²) in [5.74, 6) is 1.40. The lowest BCUT2D eigenvalue weighted by atomic mass is 9.74. The molecule has 1 atom stereocenters. The molecule has 0 radical (unpaired) electrons. The number of nitrogens with one attached hydrogen (secondary N) is 1. The van der Waals surface area contributed by atoms with Crippen molar-refractivity contribution < 1.29 is 19.0 Å². The van der Waals surface area contributed by atoms with E-state index in [2.05, 4.69) is 11.4 Å². The van der Waals surface area contributed by atoms with E-state index in [-0.39, 0.29) is 18.1 Å². The third kappa shape index (κ3) is 2.89. The van der Waals surface area contributed by atoms with Crippen LogP contribution in [0.1, 0.15) is 25.3 Å². The van der Waals surface area contributed by atoms with E-state index in [1.165, 1.54) is 0 Å². The number of ether oxygens (including phenoxy) is 3. The first-order valence-corrected chi connectivity index (χ1v) is 7.62. The summed E-state index contributed by atoms with van der Waals surface area (Å²) in [6, 6.07) is 5.50. The van der Waals surface area contributed by atoms with Crippen LogP contribution < -0.4 is 20.5 Å². The molecular weight excluding hydrogens is 284 g/mol. The van der Waals surface area contributed by atoms with E-state index >= 15 is 0 Å². The summed E-state index contributed by atoms with van der Waals surface area (Å²) in [4.78, 5) is 11.8. The minimum atomic E-state index is -0.506. The van der Waals surface area contributed by atoms with Crippen LogP contribution in [0.15, 0.2) is 18.2 Å². The molecule has 3 N–H and O–H groups in total. The first-order chi connectivity index (χ1) is 10.6. The van der Waals surface area contributed by atoms with Gasteiger partial charge in [-0.05, 0) is 37.5 Å². The molecule has 1 aromatic carbocycles. The molecule has 6 nitrogen and oxygen atoms in total. The lowest BCUT2D eigenvalue weighted by molar-refractivity contribution is -0.122. The lowest BCUT2D eigenvalue weighted by Crippen LogP contribution is -2.48. The molecule has 3 rings (SSSR count). The quantitative estimate of drug-likeness (QED) is 0.864. The number of hydrogen-bond donors (Lipinski definition) is 2. The SMILES string of the molecule is C[C@H](N)C(=O)NCC1(c2ccc3c(c2)OCO3)CCOCC1. The second-order valence-electron chi connectivity index (χ2n) is 5.97. The maximum Gasteiger partial charge on any atom is 0.236 e. The topological polar surface area (TPSA) is 82.8 Å². The molecule has 120 valence electrons. The van der Waals surface area contributed by atoms with Crippen LogP contribution in [0.4, 0.5) is 0 Å². The third-order valence-corrected chi connectivity index (χ3v) is 4.45. The van der Waals surface area contributed by atoms with E-state index in [0.717, 1.165) is 29.9 Å². The van der Waals surface area contributed by atoms with Gasteiger partial charge in [0, 0.05) is 25.2 Å². The molecule has 0 spiro atoms. The zero-order valence-electron chi connectivity index (χ0n) is 12.8. The number of benzene rings is 1. The molecule has 22 heavy (non-hydrogen) atoms. The van der Waals surface area contributed by atoms with Crippen LogP contribution in [0.3, 0.4) is 0 Å². The molecule has 0 aliphatic carbocycles. The maximum atomic E-state index is 11.8. The van der Waals surface area contributed by atoms with E-state index in [1.807, 2.05) is 12.1 Å². The van der Waals surface area contributed by atoms with Gasteiger partial charge in [-0.1, -0.05) is 6.07 Å². The summed E-state index contributed by atoms with van der Waals surface area (Å²) in [6.45, 7) is 3.87. The Labute approximate surface area is 129 Å². The normalized spacial score (nSPS) is 20.5. The van der Waals surface area contributed by atoms with Gasteiger partial charge in [-0.15, -0.1) is 0 Å². The standard InChI is InChI=1S/C16H22N2O4/c1-11(17)15(19)18-9-16(4-6-20-7-5-16)12-2-3-13-14(8-12)22-10-21-13/h2-3,8,11H,4-7,9-10,17H2,1H3,(H,18,19)/t11-/m0/s1. The molecule has 6 heteroatoms. The van der Waals surface area contributed by atoms with Crippen molar-refractivity contribution >= 4 is 5.91 Å². The first-order valence-electron chi connectivity index (χ1n) is 7.62. The van der Waals surface area contributed by atoms with Crippen LogP contribution in [0.2, 0.25) is 0 Å². The van der Waals surface area contributed by atoms with E-state index in [4.69, 9.17) is 19.9 Å². The number of fused-ring (bicyclic) bond motifs is 1. The Balaban J connectivity index is 1.84. The zero-order chi connectivity index (χ0) is 15.6. The van der Waals surface area contributed by atoms with Crippen molar-refractivity contribution in [3.05, 3.63) is 23.8 Å². The van der Waals surface area contributed by atoms with Gasteiger partial charge in [-0.2, -0.15) is 0 Å². The van der Waals surface area contributed by atoms with Gasteiger partial charge >= 0.3 is 0 Å². The smallest absolute Gasteiger partial charge is 0.236 e. The van der Waals surface area contributed by atoms with Crippen LogP contribution >= 0.6 is 0 Å². The Morgan fingerprint density at radius 1 is 1.32 bits per heavy atom.